The van der Waals surface area contributed by atoms with Crippen molar-refractivity contribution in [2.45, 2.75) is 0 Å². The van der Waals surface area contributed by atoms with Gasteiger partial charge in [-0.3, -0.25) is 0 Å². The molecule has 0 saturated carbocycles. The van der Waals surface area contributed by atoms with Crippen molar-refractivity contribution >= 4 is 34.9 Å². The minimum absolute atomic E-state index is 0.0853. The summed E-state index contributed by atoms with van der Waals surface area (Å²) >= 11 is 1.10. The first-order valence-electron chi connectivity index (χ1n) is 4.88. The number of hydrogen-bond donors (Lipinski definition) is 4. The predicted molar refractivity (Wildman–Crippen MR) is 68.1 cm³/mol. The summed E-state index contributed by atoms with van der Waals surface area (Å²) in [5, 5.41) is 19.1. The zero-order valence-corrected chi connectivity index (χ0v) is 10.1. The Kier molecular flexibility index (Phi) is 3.05. The Labute approximate surface area is 110 Å². The molecule has 0 amide bonds. The van der Waals surface area contributed by atoms with Crippen LogP contribution in [0.15, 0.2) is 11.4 Å². The molecule has 0 radical (unpaired) electrons. The molecule has 0 aliphatic rings. The minimum Gasteiger partial charge on any atom is -0.478 e. The monoisotopic (exact) mass is 280 g/mol. The van der Waals surface area contributed by atoms with E-state index in [-0.39, 0.29) is 22.9 Å². The summed E-state index contributed by atoms with van der Waals surface area (Å²) in [6, 6.07) is 1.37. The molecule has 0 unspecified atom stereocenters. The second-order valence-corrected chi connectivity index (χ2v) is 4.41. The van der Waals surface area contributed by atoms with Crippen molar-refractivity contribution in [3.8, 4) is 10.6 Å². The summed E-state index contributed by atoms with van der Waals surface area (Å²) in [7, 11) is 0. The first kappa shape index (κ1) is 12.8. The van der Waals surface area contributed by atoms with Gasteiger partial charge in [0.05, 0.1) is 10.4 Å². The van der Waals surface area contributed by atoms with Crippen LogP contribution in [0.1, 0.15) is 20.8 Å². The number of carbonyl (C=O) groups is 2. The average Bonchev–Trinajstić information content (AvgIpc) is 2.80. The molecule has 98 valence electrons. The van der Waals surface area contributed by atoms with E-state index in [0.29, 0.717) is 4.88 Å². The van der Waals surface area contributed by atoms with Gasteiger partial charge < -0.3 is 21.7 Å². The maximum atomic E-state index is 10.8. The van der Waals surface area contributed by atoms with E-state index in [4.69, 9.17) is 21.7 Å². The Morgan fingerprint density at radius 2 is 1.79 bits per heavy atom. The van der Waals surface area contributed by atoms with Crippen LogP contribution in [0, 0.1) is 0 Å². The van der Waals surface area contributed by atoms with Crippen LogP contribution in [-0.4, -0.2) is 32.1 Å². The van der Waals surface area contributed by atoms with E-state index in [2.05, 4.69) is 9.97 Å². The largest absolute Gasteiger partial charge is 0.478 e. The number of aromatic nitrogens is 2. The van der Waals surface area contributed by atoms with E-state index in [1.807, 2.05) is 0 Å². The van der Waals surface area contributed by atoms with Gasteiger partial charge in [0, 0.05) is 5.38 Å². The Hall–Kier alpha value is -2.68. The second kappa shape index (κ2) is 4.53. The van der Waals surface area contributed by atoms with E-state index >= 15 is 0 Å². The van der Waals surface area contributed by atoms with Crippen molar-refractivity contribution < 1.29 is 19.8 Å². The van der Waals surface area contributed by atoms with Crippen molar-refractivity contribution in [3.05, 3.63) is 22.7 Å². The highest BCUT2D eigenvalue weighted by Crippen LogP contribution is 2.30. The highest BCUT2D eigenvalue weighted by molar-refractivity contribution is 7.13. The quantitative estimate of drug-likeness (QED) is 0.643. The summed E-state index contributed by atoms with van der Waals surface area (Å²) in [6.45, 7) is 0. The van der Waals surface area contributed by atoms with Crippen LogP contribution >= 0.6 is 11.3 Å². The molecule has 8 nitrogen and oxygen atoms in total. The number of nitrogen functional groups attached to an aromatic ring is 2. The van der Waals surface area contributed by atoms with Gasteiger partial charge in [0.2, 0.25) is 0 Å². The van der Waals surface area contributed by atoms with E-state index in [1.54, 1.807) is 0 Å². The first-order chi connectivity index (χ1) is 8.90. The number of nitrogens with two attached hydrogens (primary N) is 2. The van der Waals surface area contributed by atoms with Crippen molar-refractivity contribution in [2.75, 3.05) is 11.5 Å². The van der Waals surface area contributed by atoms with Crippen LogP contribution in [0.5, 0.6) is 0 Å². The van der Waals surface area contributed by atoms with Crippen LogP contribution in [-0.2, 0) is 0 Å². The van der Waals surface area contributed by atoms with Crippen LogP contribution in [0.25, 0.3) is 10.6 Å². The van der Waals surface area contributed by atoms with Crippen molar-refractivity contribution in [1.29, 1.82) is 0 Å². The van der Waals surface area contributed by atoms with Crippen molar-refractivity contribution in [2.24, 2.45) is 0 Å². The third-order valence-electron chi connectivity index (χ3n) is 2.23. The topological polar surface area (TPSA) is 152 Å². The van der Waals surface area contributed by atoms with Gasteiger partial charge in [0.25, 0.3) is 0 Å². The highest BCUT2D eigenvalue weighted by Gasteiger charge is 2.18. The number of aromatic carboxylic acids is 2. The third-order valence-corrected chi connectivity index (χ3v) is 3.17. The zero-order chi connectivity index (χ0) is 14.2. The van der Waals surface area contributed by atoms with Gasteiger partial charge in [-0.15, -0.1) is 11.3 Å². The minimum atomic E-state index is -1.33. The van der Waals surface area contributed by atoms with E-state index < -0.39 is 17.6 Å². The molecule has 0 saturated heterocycles. The molecule has 19 heavy (non-hydrogen) atoms. The van der Waals surface area contributed by atoms with Crippen molar-refractivity contribution in [3.63, 3.8) is 0 Å². The smallest absolute Gasteiger partial charge is 0.358 e. The molecule has 0 spiro atoms. The average molecular weight is 280 g/mol. The molecule has 0 fully saturated rings. The van der Waals surface area contributed by atoms with E-state index in [1.165, 1.54) is 11.4 Å². The molecule has 0 atom stereocenters. The number of thiophene rings is 1. The molecule has 2 rings (SSSR count). The Balaban J connectivity index is 2.53. The summed E-state index contributed by atoms with van der Waals surface area (Å²) in [5.41, 5.74) is 10.9. The first-order valence-corrected chi connectivity index (χ1v) is 5.76. The van der Waals surface area contributed by atoms with Crippen LogP contribution in [0.4, 0.5) is 11.6 Å². The van der Waals surface area contributed by atoms with E-state index in [0.717, 1.165) is 11.3 Å². The van der Waals surface area contributed by atoms with Crippen LogP contribution in [0.2, 0.25) is 0 Å². The number of carboxylic acids is 2. The van der Waals surface area contributed by atoms with Crippen molar-refractivity contribution in [1.82, 2.24) is 9.97 Å². The maximum Gasteiger partial charge on any atom is 0.358 e. The normalized spacial score (nSPS) is 10.3. The lowest BCUT2D eigenvalue weighted by Gasteiger charge is -2.05. The van der Waals surface area contributed by atoms with Crippen LogP contribution < -0.4 is 11.5 Å². The third kappa shape index (κ3) is 2.31. The lowest BCUT2D eigenvalue weighted by molar-refractivity contribution is 0.0683. The Morgan fingerprint density at radius 1 is 1.11 bits per heavy atom. The Bertz CT molecular complexity index is 682. The summed E-state index contributed by atoms with van der Waals surface area (Å²) in [5.74, 6) is -2.81. The number of nitrogens with zero attached hydrogens (tertiary/aromatic N) is 2. The van der Waals surface area contributed by atoms with Gasteiger partial charge in [0.15, 0.2) is 17.3 Å². The van der Waals surface area contributed by atoms with Gasteiger partial charge in [-0.1, -0.05) is 0 Å². The summed E-state index contributed by atoms with van der Waals surface area (Å²) in [6.07, 6.45) is 0. The molecule has 0 aliphatic heterocycles. The van der Waals surface area contributed by atoms with E-state index in [9.17, 15) is 9.59 Å². The molecule has 0 bridgehead atoms. The fourth-order valence-corrected chi connectivity index (χ4v) is 2.25. The zero-order valence-electron chi connectivity index (χ0n) is 9.32. The predicted octanol–water partition coefficient (Wildman–Crippen LogP) is 0.766. The van der Waals surface area contributed by atoms with Gasteiger partial charge >= 0.3 is 11.9 Å². The molecule has 2 aromatic heterocycles. The fourth-order valence-electron chi connectivity index (χ4n) is 1.37. The summed E-state index contributed by atoms with van der Waals surface area (Å²) in [4.78, 5) is 29.5. The summed E-state index contributed by atoms with van der Waals surface area (Å²) < 4.78 is 0. The number of rotatable bonds is 3. The highest BCUT2D eigenvalue weighted by atomic mass is 32.1. The Morgan fingerprint density at radius 3 is 2.32 bits per heavy atom. The lowest BCUT2D eigenvalue weighted by Crippen LogP contribution is -2.11. The molecule has 0 aromatic carbocycles. The molecule has 6 N–H and O–H groups in total. The lowest BCUT2D eigenvalue weighted by atomic mass is 10.2. The van der Waals surface area contributed by atoms with Gasteiger partial charge in [-0.2, -0.15) is 0 Å². The number of anilines is 2. The number of hydrogen-bond acceptors (Lipinski definition) is 7. The molecule has 9 heteroatoms. The van der Waals surface area contributed by atoms with Crippen LogP contribution in [0.3, 0.4) is 0 Å². The molecular formula is C10H8N4O4S. The standard InChI is InChI=1S/C10H8N4O4S/c11-7-5(4-1-3(2-19-4)9(15)16)13-8(12)6(14-7)10(17)18/h1-2H,(H2,11,14)(H2,12,13)(H,15,16)(H,17,18). The number of carboxylic acid groups (broad SMARTS) is 2. The molecular weight excluding hydrogens is 272 g/mol. The van der Waals surface area contributed by atoms with Gasteiger partial charge in [0.1, 0.15) is 5.69 Å². The van der Waals surface area contributed by atoms with Gasteiger partial charge in [-0.25, -0.2) is 19.6 Å². The fraction of sp³-hybridized carbons (Fsp3) is 0. The maximum absolute atomic E-state index is 10.8. The SMILES string of the molecule is Nc1nc(-c2cc(C(=O)O)cs2)c(N)nc1C(=O)O. The van der Waals surface area contributed by atoms with Gasteiger partial charge in [-0.05, 0) is 6.07 Å². The second-order valence-electron chi connectivity index (χ2n) is 3.50. The molecule has 2 aromatic rings. The molecule has 0 aliphatic carbocycles. The molecule has 2 heterocycles.